The smallest absolute Gasteiger partial charge is 0.240 e. The molecule has 5 N–H and O–H groups in total. The molecule has 0 radical (unpaired) electrons. The van der Waals surface area contributed by atoms with E-state index in [0.717, 1.165) is 5.56 Å². The van der Waals surface area contributed by atoms with E-state index in [9.17, 15) is 16.8 Å². The monoisotopic (exact) mass is 351 g/mol. The van der Waals surface area contributed by atoms with Crippen molar-refractivity contribution in [3.63, 3.8) is 0 Å². The van der Waals surface area contributed by atoms with Crippen LogP contribution >= 0.6 is 12.2 Å². The largest absolute Gasteiger partial charge is 0.393 e. The summed E-state index contributed by atoms with van der Waals surface area (Å²) in [5.74, 6) is -0.275. The van der Waals surface area contributed by atoms with E-state index in [-0.39, 0.29) is 23.6 Å². The lowest BCUT2D eigenvalue weighted by Crippen LogP contribution is -2.27. The first-order valence-corrected chi connectivity index (χ1v) is 9.58. The molecule has 1 rings (SSSR count). The van der Waals surface area contributed by atoms with Gasteiger partial charge < -0.3 is 5.73 Å². The summed E-state index contributed by atoms with van der Waals surface area (Å²) in [4.78, 5) is 0.413. The molecule has 0 bridgehead atoms. The second-order valence-corrected chi connectivity index (χ2v) is 8.43. The molecule has 1 aromatic carbocycles. The van der Waals surface area contributed by atoms with Crippen molar-refractivity contribution in [2.45, 2.75) is 17.7 Å². The quantitative estimate of drug-likeness (QED) is 0.426. The van der Waals surface area contributed by atoms with Crippen molar-refractivity contribution in [1.29, 1.82) is 0 Å². The minimum atomic E-state index is -3.67. The number of hydrogen-bond donors (Lipinski definition) is 3. The molecular weight excluding hydrogens is 334 g/mol. The van der Waals surface area contributed by atoms with Crippen LogP contribution in [0.4, 0.5) is 0 Å². The van der Waals surface area contributed by atoms with Gasteiger partial charge in [-0.15, -0.1) is 0 Å². The number of thiocarbonyl (C=S) groups is 1. The molecule has 0 aromatic heterocycles. The van der Waals surface area contributed by atoms with Gasteiger partial charge in [0.2, 0.25) is 20.0 Å². The highest BCUT2D eigenvalue weighted by molar-refractivity contribution is 7.89. The van der Waals surface area contributed by atoms with E-state index in [4.69, 9.17) is 23.1 Å². The summed E-state index contributed by atoms with van der Waals surface area (Å²) in [5, 5.41) is 4.83. The van der Waals surface area contributed by atoms with Crippen LogP contribution in [0, 0.1) is 0 Å². The molecule has 1 aromatic rings. The molecule has 0 fully saturated rings. The first-order chi connectivity index (χ1) is 9.60. The Hall–Kier alpha value is -1.07. The fourth-order valence-electron chi connectivity index (χ4n) is 1.55. The number of nitrogens with two attached hydrogens (primary N) is 2. The van der Waals surface area contributed by atoms with Crippen molar-refractivity contribution in [3.05, 3.63) is 29.8 Å². The van der Waals surface area contributed by atoms with Crippen LogP contribution in [0.2, 0.25) is 0 Å². The van der Waals surface area contributed by atoms with E-state index in [0.29, 0.717) is 11.4 Å². The Bertz CT molecular complexity index is 697. The van der Waals surface area contributed by atoms with Crippen molar-refractivity contribution in [1.82, 2.24) is 4.72 Å². The minimum Gasteiger partial charge on any atom is -0.393 e. The Kier molecular flexibility index (Phi) is 6.23. The molecular formula is C11H17N3O4S3. The van der Waals surface area contributed by atoms with Crippen LogP contribution < -0.4 is 15.6 Å². The van der Waals surface area contributed by atoms with E-state index < -0.39 is 20.0 Å². The first-order valence-electron chi connectivity index (χ1n) is 5.97. The van der Waals surface area contributed by atoms with Crippen molar-refractivity contribution < 1.29 is 16.8 Å². The third-order valence-electron chi connectivity index (χ3n) is 2.51. The molecule has 7 nitrogen and oxygen atoms in total. The summed E-state index contributed by atoms with van der Waals surface area (Å²) in [6.07, 6.45) is 0.509. The normalized spacial score (nSPS) is 12.2. The number of sulfonamides is 2. The molecule has 0 amide bonds. The predicted octanol–water partition coefficient (Wildman–Crippen LogP) is -0.528. The lowest BCUT2D eigenvalue weighted by Gasteiger charge is -2.07. The van der Waals surface area contributed by atoms with Crippen LogP contribution in [0.1, 0.15) is 12.0 Å². The van der Waals surface area contributed by atoms with Crippen LogP contribution in [0.3, 0.4) is 0 Å². The lowest BCUT2D eigenvalue weighted by molar-refractivity contribution is 0.576. The molecule has 0 aliphatic carbocycles. The van der Waals surface area contributed by atoms with Gasteiger partial charge in [0.25, 0.3) is 0 Å². The molecule has 21 heavy (non-hydrogen) atoms. The minimum absolute atomic E-state index is 0.00655. The number of benzene rings is 1. The van der Waals surface area contributed by atoms with Gasteiger partial charge in [0.15, 0.2) is 0 Å². The Labute approximate surface area is 129 Å². The maximum atomic E-state index is 11.9. The van der Waals surface area contributed by atoms with Crippen LogP contribution in [0.15, 0.2) is 29.2 Å². The molecule has 0 heterocycles. The van der Waals surface area contributed by atoms with Gasteiger partial charge in [-0.3, -0.25) is 0 Å². The van der Waals surface area contributed by atoms with E-state index in [1.807, 2.05) is 0 Å². The first kappa shape index (κ1) is 18.0. The topological polar surface area (TPSA) is 132 Å². The maximum absolute atomic E-state index is 11.9. The molecule has 0 unspecified atom stereocenters. The Balaban J connectivity index is 2.64. The number of hydrogen-bond acceptors (Lipinski definition) is 5. The van der Waals surface area contributed by atoms with Crippen LogP contribution in [-0.2, 0) is 26.5 Å². The highest BCUT2D eigenvalue weighted by Gasteiger charge is 2.13. The van der Waals surface area contributed by atoms with Crippen molar-refractivity contribution >= 4 is 37.3 Å². The summed E-state index contributed by atoms with van der Waals surface area (Å²) in [6, 6.07) is 6.13. The molecule has 0 spiro atoms. The molecule has 0 saturated carbocycles. The van der Waals surface area contributed by atoms with Gasteiger partial charge in [-0.1, -0.05) is 24.4 Å². The molecule has 0 saturated heterocycles. The predicted molar refractivity (Wildman–Crippen MR) is 84.7 cm³/mol. The molecule has 0 aliphatic rings. The van der Waals surface area contributed by atoms with Crippen molar-refractivity contribution in [2.24, 2.45) is 10.9 Å². The zero-order valence-corrected chi connectivity index (χ0v) is 13.6. The second kappa shape index (κ2) is 7.27. The van der Waals surface area contributed by atoms with Crippen LogP contribution in [0.25, 0.3) is 0 Å². The zero-order valence-electron chi connectivity index (χ0n) is 11.2. The van der Waals surface area contributed by atoms with Gasteiger partial charge in [0.05, 0.1) is 15.6 Å². The average molecular weight is 351 g/mol. The van der Waals surface area contributed by atoms with Crippen molar-refractivity contribution in [3.8, 4) is 0 Å². The molecule has 10 heteroatoms. The van der Waals surface area contributed by atoms with Crippen LogP contribution in [-0.4, -0.2) is 34.1 Å². The van der Waals surface area contributed by atoms with Gasteiger partial charge in [-0.05, 0) is 24.1 Å². The molecule has 0 atom stereocenters. The standard InChI is InChI=1S/C11H17N3O4S3/c12-11(19)8-9-2-4-10(5-3-9)21(17,18)14-6-1-7-20(13,15)16/h2-5,14H,1,6-8H2,(H2,12,19)(H2,13,15,16). The van der Waals surface area contributed by atoms with Gasteiger partial charge in [0, 0.05) is 13.0 Å². The fraction of sp³-hybridized carbons (Fsp3) is 0.364. The maximum Gasteiger partial charge on any atom is 0.240 e. The number of primary sulfonamides is 1. The Morgan fingerprint density at radius 3 is 2.19 bits per heavy atom. The van der Waals surface area contributed by atoms with E-state index >= 15 is 0 Å². The summed E-state index contributed by atoms with van der Waals surface area (Å²) >= 11 is 4.77. The number of nitrogens with one attached hydrogen (secondary N) is 1. The zero-order chi connectivity index (χ0) is 16.1. The summed E-state index contributed by atoms with van der Waals surface area (Å²) < 4.78 is 47.7. The average Bonchev–Trinajstić information content (AvgIpc) is 2.33. The van der Waals surface area contributed by atoms with E-state index in [1.54, 1.807) is 12.1 Å². The summed E-state index contributed by atoms with van der Waals surface area (Å²) in [5.41, 5.74) is 6.22. The van der Waals surface area contributed by atoms with E-state index in [1.165, 1.54) is 12.1 Å². The summed E-state index contributed by atoms with van der Waals surface area (Å²) in [7, 11) is -7.26. The highest BCUT2D eigenvalue weighted by Crippen LogP contribution is 2.11. The third kappa shape index (κ3) is 6.96. The summed E-state index contributed by atoms with van der Waals surface area (Å²) in [6.45, 7) is -0.00655. The van der Waals surface area contributed by atoms with Gasteiger partial charge in [-0.25, -0.2) is 26.7 Å². The highest BCUT2D eigenvalue weighted by atomic mass is 32.2. The molecule has 118 valence electrons. The Morgan fingerprint density at radius 1 is 1.14 bits per heavy atom. The van der Waals surface area contributed by atoms with Gasteiger partial charge >= 0.3 is 0 Å². The van der Waals surface area contributed by atoms with Gasteiger partial charge in [-0.2, -0.15) is 0 Å². The van der Waals surface area contributed by atoms with Crippen LogP contribution in [0.5, 0.6) is 0 Å². The van der Waals surface area contributed by atoms with Crippen molar-refractivity contribution in [2.75, 3.05) is 12.3 Å². The molecule has 0 aliphatic heterocycles. The Morgan fingerprint density at radius 2 is 1.71 bits per heavy atom. The van der Waals surface area contributed by atoms with E-state index in [2.05, 4.69) is 4.72 Å². The SMILES string of the molecule is NC(=S)Cc1ccc(S(=O)(=O)NCCCS(N)(=O)=O)cc1. The second-order valence-electron chi connectivity index (χ2n) is 4.41. The fourth-order valence-corrected chi connectivity index (χ4v) is 3.34. The van der Waals surface area contributed by atoms with Gasteiger partial charge in [0.1, 0.15) is 0 Å². The number of rotatable bonds is 8. The third-order valence-corrected chi connectivity index (χ3v) is 4.99. The lowest BCUT2D eigenvalue weighted by atomic mass is 10.1.